The highest BCUT2D eigenvalue weighted by molar-refractivity contribution is 7.15. The molecule has 0 radical (unpaired) electrons. The molecule has 0 bridgehead atoms. The molecule has 10 heteroatoms. The Morgan fingerprint density at radius 3 is 2.62 bits per heavy atom. The van der Waals surface area contributed by atoms with Gasteiger partial charge in [-0.2, -0.15) is 5.10 Å². The minimum Gasteiger partial charge on any atom is -0.355 e. The van der Waals surface area contributed by atoms with E-state index in [4.69, 9.17) is 28.3 Å². The van der Waals surface area contributed by atoms with Crippen molar-refractivity contribution in [2.45, 2.75) is 40.5 Å². The lowest BCUT2D eigenvalue weighted by atomic mass is 10.1. The van der Waals surface area contributed by atoms with E-state index in [9.17, 15) is 9.59 Å². The number of amides is 1. The fraction of sp³-hybridized carbons (Fsp3) is 0.241. The molecule has 7 nitrogen and oxygen atoms in total. The molecule has 5 aromatic rings. The van der Waals surface area contributed by atoms with Gasteiger partial charge in [0.2, 0.25) is 5.91 Å². The Kier molecular flexibility index (Phi) is 7.62. The zero-order valence-corrected chi connectivity index (χ0v) is 24.3. The number of nitrogens with one attached hydrogen (secondary N) is 1. The highest BCUT2D eigenvalue weighted by atomic mass is 35.5. The smallest absolute Gasteiger partial charge is 0.268 e. The van der Waals surface area contributed by atoms with E-state index in [1.54, 1.807) is 12.1 Å². The largest absolute Gasteiger partial charge is 0.355 e. The quantitative estimate of drug-likeness (QED) is 0.254. The minimum absolute atomic E-state index is 0.0500. The van der Waals surface area contributed by atoms with Crippen LogP contribution in [0.15, 0.2) is 52.6 Å². The van der Waals surface area contributed by atoms with Crippen LogP contribution < -0.4 is 10.9 Å². The number of benzene rings is 2. The molecule has 2 aromatic carbocycles. The number of aryl methyl sites for hydroxylation is 4. The third kappa shape index (κ3) is 5.50. The maximum absolute atomic E-state index is 13.8. The van der Waals surface area contributed by atoms with Crippen molar-refractivity contribution < 1.29 is 4.79 Å². The summed E-state index contributed by atoms with van der Waals surface area (Å²) in [4.78, 5) is 31.8. The van der Waals surface area contributed by atoms with Gasteiger partial charge in [0.25, 0.3) is 5.56 Å². The van der Waals surface area contributed by atoms with Gasteiger partial charge < -0.3 is 5.32 Å². The lowest BCUT2D eigenvalue weighted by molar-refractivity contribution is -0.120. The van der Waals surface area contributed by atoms with E-state index in [0.29, 0.717) is 50.6 Å². The van der Waals surface area contributed by atoms with Crippen LogP contribution in [0.25, 0.3) is 21.9 Å². The molecule has 0 saturated heterocycles. The summed E-state index contributed by atoms with van der Waals surface area (Å²) >= 11 is 13.5. The standard InChI is InChI=1S/C29H27Cl2N5O2S/c1-16-5-6-17(2)25(11-16)36-18(3)12-24(34-36)27-19(4)33-29-35(28(27)38)22(15-39-29)14-26(37)32-10-9-20-7-8-21(30)13-23(20)31/h5-8,11-13,15H,9-10,14H2,1-4H3,(H,32,37). The first-order chi connectivity index (χ1) is 18.6. The van der Waals surface area contributed by atoms with Crippen molar-refractivity contribution in [3.8, 4) is 16.9 Å². The normalized spacial score (nSPS) is 11.3. The van der Waals surface area contributed by atoms with E-state index in [1.165, 1.54) is 15.7 Å². The number of carbonyl (C=O) groups is 1. The summed E-state index contributed by atoms with van der Waals surface area (Å²) in [6, 6.07) is 13.4. The molecule has 5 rings (SSSR count). The van der Waals surface area contributed by atoms with Gasteiger partial charge in [0, 0.05) is 33.4 Å². The van der Waals surface area contributed by atoms with Gasteiger partial charge in [-0.1, -0.05) is 41.4 Å². The average Bonchev–Trinajstić information content (AvgIpc) is 3.45. The van der Waals surface area contributed by atoms with Crippen molar-refractivity contribution in [1.82, 2.24) is 24.5 Å². The second-order valence-corrected chi connectivity index (χ2v) is 11.3. The molecule has 0 aliphatic heterocycles. The molecular formula is C29H27Cl2N5O2S. The number of thiazole rings is 1. The number of fused-ring (bicyclic) bond motifs is 1. The summed E-state index contributed by atoms with van der Waals surface area (Å²) in [6.45, 7) is 8.27. The van der Waals surface area contributed by atoms with E-state index in [-0.39, 0.29) is 17.9 Å². The highest BCUT2D eigenvalue weighted by Crippen LogP contribution is 2.25. The number of nitrogens with zero attached hydrogens (tertiary/aromatic N) is 4. The number of halogens is 2. The summed E-state index contributed by atoms with van der Waals surface area (Å²) in [7, 11) is 0. The molecule has 1 amide bonds. The van der Waals surface area contributed by atoms with Crippen LogP contribution in [0.2, 0.25) is 10.0 Å². The maximum atomic E-state index is 13.8. The van der Waals surface area contributed by atoms with Crippen molar-refractivity contribution in [3.63, 3.8) is 0 Å². The molecule has 3 heterocycles. The van der Waals surface area contributed by atoms with Crippen LogP contribution in [0, 0.1) is 27.7 Å². The average molecular weight is 581 g/mol. The Morgan fingerprint density at radius 1 is 1.05 bits per heavy atom. The summed E-state index contributed by atoms with van der Waals surface area (Å²) in [5, 5.41) is 10.7. The molecule has 0 aliphatic carbocycles. The Morgan fingerprint density at radius 2 is 1.85 bits per heavy atom. The molecule has 0 aliphatic rings. The van der Waals surface area contributed by atoms with E-state index in [0.717, 1.165) is 28.1 Å². The molecule has 0 spiro atoms. The van der Waals surface area contributed by atoms with Crippen LogP contribution in [0.3, 0.4) is 0 Å². The molecule has 0 atom stereocenters. The molecule has 3 aromatic heterocycles. The second-order valence-electron chi connectivity index (χ2n) is 9.61. The predicted octanol–water partition coefficient (Wildman–Crippen LogP) is 6.05. The molecule has 0 unspecified atom stereocenters. The maximum Gasteiger partial charge on any atom is 0.268 e. The second kappa shape index (κ2) is 11.0. The molecule has 0 fully saturated rings. The van der Waals surface area contributed by atoms with Crippen molar-refractivity contribution >= 4 is 45.4 Å². The van der Waals surface area contributed by atoms with Gasteiger partial charge in [-0.25, -0.2) is 9.67 Å². The lowest BCUT2D eigenvalue weighted by Gasteiger charge is -2.09. The van der Waals surface area contributed by atoms with Crippen molar-refractivity contribution in [3.05, 3.63) is 102 Å². The first-order valence-corrected chi connectivity index (χ1v) is 14.1. The van der Waals surface area contributed by atoms with Gasteiger partial charge in [0.05, 0.1) is 23.4 Å². The van der Waals surface area contributed by atoms with Crippen molar-refractivity contribution in [1.29, 1.82) is 0 Å². The van der Waals surface area contributed by atoms with E-state index in [2.05, 4.69) is 28.5 Å². The predicted molar refractivity (Wildman–Crippen MR) is 158 cm³/mol. The van der Waals surface area contributed by atoms with Crippen molar-refractivity contribution in [2.75, 3.05) is 6.54 Å². The van der Waals surface area contributed by atoms with Gasteiger partial charge in [-0.05, 0) is 75.1 Å². The number of carbonyl (C=O) groups excluding carboxylic acids is 1. The number of aromatic nitrogens is 4. The van der Waals surface area contributed by atoms with Crippen molar-refractivity contribution in [2.24, 2.45) is 0 Å². The fourth-order valence-electron chi connectivity index (χ4n) is 4.60. The lowest BCUT2D eigenvalue weighted by Crippen LogP contribution is -2.29. The van der Waals surface area contributed by atoms with E-state index in [1.807, 2.05) is 49.9 Å². The van der Waals surface area contributed by atoms with Crippen LogP contribution in [0.5, 0.6) is 0 Å². The zero-order valence-electron chi connectivity index (χ0n) is 22.0. The number of hydrogen-bond donors (Lipinski definition) is 1. The van der Waals surface area contributed by atoms with Crippen LogP contribution in [0.4, 0.5) is 0 Å². The molecular weight excluding hydrogens is 553 g/mol. The van der Waals surface area contributed by atoms with E-state index < -0.39 is 0 Å². The van der Waals surface area contributed by atoms with Gasteiger partial charge in [-0.15, -0.1) is 11.3 Å². The van der Waals surface area contributed by atoms with Gasteiger partial charge >= 0.3 is 0 Å². The van der Waals surface area contributed by atoms with Gasteiger partial charge in [0.1, 0.15) is 5.69 Å². The molecule has 200 valence electrons. The van der Waals surface area contributed by atoms with Crippen LogP contribution in [-0.2, 0) is 17.6 Å². The summed E-state index contributed by atoms with van der Waals surface area (Å²) in [5.41, 5.74) is 6.93. The van der Waals surface area contributed by atoms with Crippen LogP contribution in [-0.4, -0.2) is 31.6 Å². The first kappa shape index (κ1) is 27.1. The minimum atomic E-state index is -0.236. The van der Waals surface area contributed by atoms with Gasteiger partial charge in [0.15, 0.2) is 4.96 Å². The fourth-order valence-corrected chi connectivity index (χ4v) is 6.03. The van der Waals surface area contributed by atoms with Crippen LogP contribution in [0.1, 0.15) is 33.8 Å². The Bertz CT molecular complexity index is 1790. The highest BCUT2D eigenvalue weighted by Gasteiger charge is 2.20. The van der Waals surface area contributed by atoms with E-state index >= 15 is 0 Å². The Hall–Kier alpha value is -3.46. The monoisotopic (exact) mass is 579 g/mol. The Balaban J connectivity index is 1.41. The number of hydrogen-bond acceptors (Lipinski definition) is 5. The van der Waals surface area contributed by atoms with Crippen LogP contribution >= 0.6 is 34.5 Å². The SMILES string of the molecule is Cc1ccc(C)c(-n2nc(-c3c(C)nc4scc(CC(=O)NCCc5ccc(Cl)cc5Cl)n4c3=O)cc2C)c1. The zero-order chi connectivity index (χ0) is 27.8. The Labute approximate surface area is 240 Å². The first-order valence-electron chi connectivity index (χ1n) is 12.5. The number of rotatable bonds is 7. The summed E-state index contributed by atoms with van der Waals surface area (Å²) < 4.78 is 3.38. The molecule has 0 saturated carbocycles. The summed E-state index contributed by atoms with van der Waals surface area (Å²) in [6.07, 6.45) is 0.619. The summed E-state index contributed by atoms with van der Waals surface area (Å²) in [5.74, 6) is -0.191. The molecule has 39 heavy (non-hydrogen) atoms. The third-order valence-corrected chi connectivity index (χ3v) is 8.09. The third-order valence-electron chi connectivity index (χ3n) is 6.63. The van der Waals surface area contributed by atoms with Gasteiger partial charge in [-0.3, -0.25) is 14.0 Å². The molecule has 1 N–H and O–H groups in total. The topological polar surface area (TPSA) is 81.3 Å².